The third-order valence-corrected chi connectivity index (χ3v) is 3.94. The molecule has 0 amide bonds. The van der Waals surface area contributed by atoms with Gasteiger partial charge in [-0.25, -0.2) is 9.97 Å². The van der Waals surface area contributed by atoms with E-state index in [0.717, 1.165) is 36.7 Å². The van der Waals surface area contributed by atoms with E-state index >= 15 is 0 Å². The Balaban J connectivity index is 1.72. The molecule has 0 bridgehead atoms. The molecule has 3 N–H and O–H groups in total. The molecule has 0 spiro atoms. The molecule has 0 aliphatic carbocycles. The molecule has 0 radical (unpaired) electrons. The second-order valence-electron chi connectivity index (χ2n) is 6.12. The smallest absolute Gasteiger partial charge is 0.180 e. The number of aromatic nitrogens is 3. The first-order valence-electron chi connectivity index (χ1n) is 9.00. The van der Waals surface area contributed by atoms with Crippen molar-refractivity contribution in [2.24, 2.45) is 5.73 Å². The number of nitrogens with two attached hydrogens (primary N) is 1. The Bertz CT molecular complexity index is 586. The van der Waals surface area contributed by atoms with Crippen molar-refractivity contribution in [1.29, 1.82) is 0 Å². The van der Waals surface area contributed by atoms with Crippen molar-refractivity contribution in [3.63, 3.8) is 0 Å². The molecule has 5 heteroatoms. The minimum absolute atomic E-state index is 0.679. The van der Waals surface area contributed by atoms with Gasteiger partial charge in [-0.15, -0.1) is 0 Å². The van der Waals surface area contributed by atoms with Crippen LogP contribution in [0.3, 0.4) is 0 Å². The van der Waals surface area contributed by atoms with Crippen LogP contribution in [0.15, 0.2) is 30.5 Å². The van der Waals surface area contributed by atoms with Crippen molar-refractivity contribution in [3.05, 3.63) is 36.2 Å². The van der Waals surface area contributed by atoms with Gasteiger partial charge in [0.2, 0.25) is 0 Å². The lowest BCUT2D eigenvalue weighted by molar-refractivity contribution is 0.588. The lowest BCUT2D eigenvalue weighted by atomic mass is 10.1. The summed E-state index contributed by atoms with van der Waals surface area (Å²) < 4.78 is 0. The van der Waals surface area contributed by atoms with Gasteiger partial charge in [0.15, 0.2) is 5.82 Å². The molecule has 0 unspecified atom stereocenters. The minimum Gasteiger partial charge on any atom is -0.370 e. The quantitative estimate of drug-likeness (QED) is 0.611. The molecule has 24 heavy (non-hydrogen) atoms. The van der Waals surface area contributed by atoms with Gasteiger partial charge in [0.1, 0.15) is 11.5 Å². The predicted molar refractivity (Wildman–Crippen MR) is 99.9 cm³/mol. The highest BCUT2D eigenvalue weighted by atomic mass is 15.0. The van der Waals surface area contributed by atoms with Crippen molar-refractivity contribution in [2.75, 3.05) is 18.4 Å². The number of anilines is 1. The standard InChI is InChI=1S/C19H29N5/c1-16-15-18(22-14-9-6-4-2-3-5-8-12-20)24-19(23-16)17-11-7-10-13-21-17/h7,10-11,13,15H,2-6,8-9,12,14,20H2,1H3,(H,22,23,24). The van der Waals surface area contributed by atoms with Crippen molar-refractivity contribution in [2.45, 2.75) is 51.9 Å². The maximum atomic E-state index is 5.50. The number of unbranched alkanes of at least 4 members (excludes halogenated alkanes) is 6. The van der Waals surface area contributed by atoms with E-state index in [1.54, 1.807) is 6.20 Å². The number of nitrogens with one attached hydrogen (secondary N) is 1. The van der Waals surface area contributed by atoms with Crippen molar-refractivity contribution >= 4 is 5.82 Å². The Morgan fingerprint density at radius 1 is 0.958 bits per heavy atom. The Labute approximate surface area is 145 Å². The van der Waals surface area contributed by atoms with Crippen LogP contribution in [0.5, 0.6) is 0 Å². The number of pyridine rings is 1. The fourth-order valence-corrected chi connectivity index (χ4v) is 2.64. The van der Waals surface area contributed by atoms with Crippen LogP contribution in [0.25, 0.3) is 11.5 Å². The van der Waals surface area contributed by atoms with Crippen LogP contribution in [0.2, 0.25) is 0 Å². The molecule has 0 fully saturated rings. The first-order chi connectivity index (χ1) is 11.8. The maximum absolute atomic E-state index is 5.50. The predicted octanol–water partition coefficient (Wildman–Crippen LogP) is 3.95. The summed E-state index contributed by atoms with van der Waals surface area (Å²) in [6.45, 7) is 3.75. The van der Waals surface area contributed by atoms with Crippen molar-refractivity contribution < 1.29 is 0 Å². The summed E-state index contributed by atoms with van der Waals surface area (Å²) in [4.78, 5) is 13.4. The van der Waals surface area contributed by atoms with Gasteiger partial charge >= 0.3 is 0 Å². The lowest BCUT2D eigenvalue weighted by Gasteiger charge is -2.08. The van der Waals surface area contributed by atoms with Gasteiger partial charge in [0.25, 0.3) is 0 Å². The maximum Gasteiger partial charge on any atom is 0.180 e. The van der Waals surface area contributed by atoms with Gasteiger partial charge in [-0.3, -0.25) is 4.98 Å². The van der Waals surface area contributed by atoms with Crippen LogP contribution >= 0.6 is 0 Å². The van der Waals surface area contributed by atoms with Gasteiger partial charge in [-0.1, -0.05) is 38.2 Å². The Morgan fingerprint density at radius 3 is 2.42 bits per heavy atom. The average Bonchev–Trinajstić information content (AvgIpc) is 2.60. The highest BCUT2D eigenvalue weighted by Gasteiger charge is 2.05. The molecule has 0 aliphatic rings. The molecule has 5 nitrogen and oxygen atoms in total. The van der Waals surface area contributed by atoms with Gasteiger partial charge < -0.3 is 11.1 Å². The lowest BCUT2D eigenvalue weighted by Crippen LogP contribution is -2.06. The molecular formula is C19H29N5. The molecule has 0 aromatic carbocycles. The van der Waals surface area contributed by atoms with Crippen LogP contribution < -0.4 is 11.1 Å². The number of aryl methyl sites for hydroxylation is 1. The number of hydrogen-bond donors (Lipinski definition) is 2. The van der Waals surface area contributed by atoms with Crippen LogP contribution in [0, 0.1) is 6.92 Å². The molecule has 0 atom stereocenters. The zero-order valence-corrected chi connectivity index (χ0v) is 14.7. The fraction of sp³-hybridized carbons (Fsp3) is 0.526. The molecule has 2 heterocycles. The first-order valence-corrected chi connectivity index (χ1v) is 9.00. The van der Waals surface area contributed by atoms with Crippen LogP contribution in [0.4, 0.5) is 5.82 Å². The SMILES string of the molecule is Cc1cc(NCCCCCCCCCN)nc(-c2ccccn2)n1. The second kappa shape index (κ2) is 10.7. The zero-order valence-electron chi connectivity index (χ0n) is 14.7. The highest BCUT2D eigenvalue weighted by molar-refractivity contribution is 5.52. The summed E-state index contributed by atoms with van der Waals surface area (Å²) in [6, 6.07) is 7.77. The first kappa shape index (κ1) is 18.3. The van der Waals surface area contributed by atoms with Crippen molar-refractivity contribution in [1.82, 2.24) is 15.0 Å². The number of rotatable bonds is 11. The summed E-state index contributed by atoms with van der Waals surface area (Å²) >= 11 is 0. The van der Waals surface area contributed by atoms with Crippen LogP contribution in [-0.2, 0) is 0 Å². The van der Waals surface area contributed by atoms with Gasteiger partial charge in [-0.2, -0.15) is 0 Å². The molecule has 0 aliphatic heterocycles. The van der Waals surface area contributed by atoms with E-state index in [1.807, 2.05) is 31.2 Å². The largest absolute Gasteiger partial charge is 0.370 e. The van der Waals surface area contributed by atoms with E-state index in [-0.39, 0.29) is 0 Å². The van der Waals surface area contributed by atoms with E-state index in [0.29, 0.717) is 5.82 Å². The van der Waals surface area contributed by atoms with E-state index in [4.69, 9.17) is 5.73 Å². The normalized spacial score (nSPS) is 10.8. The van der Waals surface area contributed by atoms with Crippen molar-refractivity contribution in [3.8, 4) is 11.5 Å². The number of hydrogen-bond acceptors (Lipinski definition) is 5. The molecule has 2 rings (SSSR count). The van der Waals surface area contributed by atoms with E-state index < -0.39 is 0 Å². The average molecular weight is 327 g/mol. The monoisotopic (exact) mass is 327 g/mol. The molecule has 130 valence electrons. The van der Waals surface area contributed by atoms with Crippen LogP contribution in [-0.4, -0.2) is 28.0 Å². The Hall–Kier alpha value is -2.01. The van der Waals surface area contributed by atoms with Gasteiger partial charge in [0.05, 0.1) is 0 Å². The molecule has 0 saturated heterocycles. The zero-order chi connectivity index (χ0) is 17.0. The summed E-state index contributed by atoms with van der Waals surface area (Å²) in [7, 11) is 0. The van der Waals surface area contributed by atoms with E-state index in [9.17, 15) is 0 Å². The Kier molecular flexibility index (Phi) is 8.18. The van der Waals surface area contributed by atoms with Crippen LogP contribution in [0.1, 0.15) is 50.6 Å². The topological polar surface area (TPSA) is 76.7 Å². The summed E-state index contributed by atoms with van der Waals surface area (Å²) in [5.74, 6) is 1.56. The highest BCUT2D eigenvalue weighted by Crippen LogP contribution is 2.15. The molecule has 0 saturated carbocycles. The summed E-state index contributed by atoms with van der Waals surface area (Å²) in [5, 5.41) is 3.41. The minimum atomic E-state index is 0.679. The Morgan fingerprint density at radius 2 is 1.71 bits per heavy atom. The fourth-order valence-electron chi connectivity index (χ4n) is 2.64. The second-order valence-corrected chi connectivity index (χ2v) is 6.12. The number of nitrogens with zero attached hydrogens (tertiary/aromatic N) is 3. The summed E-state index contributed by atoms with van der Waals surface area (Å²) in [6.07, 6.45) is 10.5. The molecule has 2 aromatic heterocycles. The third-order valence-electron chi connectivity index (χ3n) is 3.94. The molecule has 2 aromatic rings. The summed E-state index contributed by atoms with van der Waals surface area (Å²) in [5.41, 5.74) is 7.26. The molecular weight excluding hydrogens is 298 g/mol. The van der Waals surface area contributed by atoms with E-state index in [1.165, 1.54) is 38.5 Å². The van der Waals surface area contributed by atoms with Gasteiger partial charge in [-0.05, 0) is 38.4 Å². The van der Waals surface area contributed by atoms with E-state index in [2.05, 4.69) is 20.3 Å². The third kappa shape index (κ3) is 6.62. The van der Waals surface area contributed by atoms with Gasteiger partial charge in [0, 0.05) is 24.5 Å².